The molecule has 3 heterocycles. The van der Waals surface area contributed by atoms with E-state index in [4.69, 9.17) is 10.1 Å². The highest BCUT2D eigenvalue weighted by Crippen LogP contribution is 2.34. The highest BCUT2D eigenvalue weighted by Gasteiger charge is 2.35. The number of nitrogens with one attached hydrogen (secondary N) is 1. The van der Waals surface area contributed by atoms with E-state index in [2.05, 4.69) is 5.32 Å². The standard InChI is InChI=1S/C26H27N5O3S2/c1-17-11-13-19(14-12-17)36(33,34)30-15-5-6-18(16-30)25(32)28-24-20-7-4-9-21(20)29-31(24)26-27-22-8-2-3-10-23(22)35-26/h2-3,8,10-14,18H,4-7,9,15-16H2,1H3,(H,28,32). The van der Waals surface area contributed by atoms with Gasteiger partial charge in [-0.15, -0.1) is 0 Å². The molecule has 1 aliphatic heterocycles. The molecule has 1 amide bonds. The van der Waals surface area contributed by atoms with Gasteiger partial charge in [0.25, 0.3) is 0 Å². The van der Waals surface area contributed by atoms with E-state index < -0.39 is 15.9 Å². The molecule has 2 aromatic carbocycles. The molecule has 0 radical (unpaired) electrons. The number of nitrogens with zero attached hydrogens (tertiary/aromatic N) is 4. The first-order valence-corrected chi connectivity index (χ1v) is 14.5. The molecular formula is C26H27N5O3S2. The first-order chi connectivity index (χ1) is 17.4. The molecule has 8 nitrogen and oxygen atoms in total. The zero-order valence-electron chi connectivity index (χ0n) is 20.0. The van der Waals surface area contributed by atoms with Gasteiger partial charge in [-0.2, -0.15) is 14.1 Å². The summed E-state index contributed by atoms with van der Waals surface area (Å²) in [5.41, 5.74) is 3.95. The fourth-order valence-corrected chi connectivity index (χ4v) is 7.51. The minimum absolute atomic E-state index is 0.166. The molecule has 36 heavy (non-hydrogen) atoms. The molecule has 1 atom stereocenters. The van der Waals surface area contributed by atoms with Crippen LogP contribution in [0, 0.1) is 12.8 Å². The lowest BCUT2D eigenvalue weighted by molar-refractivity contribution is -0.120. The normalized spacial score (nSPS) is 18.4. The van der Waals surface area contributed by atoms with Gasteiger partial charge in [0.15, 0.2) is 0 Å². The molecule has 0 bridgehead atoms. The molecule has 1 saturated heterocycles. The van der Waals surface area contributed by atoms with Crippen molar-refractivity contribution in [3.63, 3.8) is 0 Å². The Labute approximate surface area is 214 Å². The number of thiazole rings is 1. The summed E-state index contributed by atoms with van der Waals surface area (Å²) in [5, 5.41) is 8.64. The Morgan fingerprint density at radius 2 is 1.89 bits per heavy atom. The third-order valence-electron chi connectivity index (χ3n) is 7.03. The van der Waals surface area contributed by atoms with Crippen LogP contribution in [0.25, 0.3) is 15.3 Å². The second-order valence-electron chi connectivity index (χ2n) is 9.51. The molecule has 4 aromatic rings. The Balaban J connectivity index is 1.26. The minimum atomic E-state index is -3.66. The van der Waals surface area contributed by atoms with Gasteiger partial charge in [-0.3, -0.25) is 4.79 Å². The van der Waals surface area contributed by atoms with Gasteiger partial charge < -0.3 is 5.32 Å². The van der Waals surface area contributed by atoms with E-state index in [0.717, 1.165) is 46.3 Å². The number of carbonyl (C=O) groups excluding carboxylic acids is 1. The van der Waals surface area contributed by atoms with Crippen molar-refractivity contribution in [3.05, 3.63) is 65.4 Å². The van der Waals surface area contributed by atoms with Crippen LogP contribution in [-0.2, 0) is 27.7 Å². The van der Waals surface area contributed by atoms with Crippen molar-refractivity contribution in [2.24, 2.45) is 5.92 Å². The molecule has 6 rings (SSSR count). The number of para-hydroxylation sites is 1. The average Bonchev–Trinajstić information content (AvgIpc) is 3.60. The van der Waals surface area contributed by atoms with E-state index in [1.54, 1.807) is 28.9 Å². The Kier molecular flexibility index (Phi) is 5.89. The molecule has 1 fully saturated rings. The zero-order chi connectivity index (χ0) is 24.9. The van der Waals surface area contributed by atoms with E-state index in [-0.39, 0.29) is 17.3 Å². The van der Waals surface area contributed by atoms with E-state index in [1.807, 2.05) is 31.2 Å². The third-order valence-corrected chi connectivity index (χ3v) is 9.92. The number of amides is 1. The number of hydrogen-bond donors (Lipinski definition) is 1. The van der Waals surface area contributed by atoms with Gasteiger partial charge in [0.1, 0.15) is 5.82 Å². The van der Waals surface area contributed by atoms with E-state index >= 15 is 0 Å². The topological polar surface area (TPSA) is 97.2 Å². The largest absolute Gasteiger partial charge is 0.310 e. The Morgan fingerprint density at radius 3 is 2.69 bits per heavy atom. The Bertz CT molecular complexity index is 1520. The van der Waals surface area contributed by atoms with Crippen molar-refractivity contribution in [2.75, 3.05) is 18.4 Å². The van der Waals surface area contributed by atoms with E-state index in [9.17, 15) is 13.2 Å². The second-order valence-corrected chi connectivity index (χ2v) is 12.5. The van der Waals surface area contributed by atoms with Crippen LogP contribution in [-0.4, -0.2) is 46.5 Å². The first kappa shape index (κ1) is 23.3. The number of carbonyl (C=O) groups is 1. The molecule has 0 spiro atoms. The number of hydrogen-bond acceptors (Lipinski definition) is 6. The van der Waals surface area contributed by atoms with Crippen molar-refractivity contribution in [1.29, 1.82) is 0 Å². The van der Waals surface area contributed by atoms with Gasteiger partial charge in [0.2, 0.25) is 21.1 Å². The number of fused-ring (bicyclic) bond motifs is 2. The fourth-order valence-electron chi connectivity index (χ4n) is 5.06. The van der Waals surface area contributed by atoms with Crippen LogP contribution in [0.2, 0.25) is 0 Å². The summed E-state index contributed by atoms with van der Waals surface area (Å²) >= 11 is 1.54. The SMILES string of the molecule is Cc1ccc(S(=O)(=O)N2CCCC(C(=O)Nc3c4c(nn3-c3nc5ccccc5s3)CCC4)C2)cc1. The average molecular weight is 522 g/mol. The van der Waals surface area contributed by atoms with Crippen molar-refractivity contribution in [3.8, 4) is 5.13 Å². The quantitative estimate of drug-likeness (QED) is 0.422. The summed E-state index contributed by atoms with van der Waals surface area (Å²) in [6.45, 7) is 2.51. The van der Waals surface area contributed by atoms with E-state index in [1.165, 1.54) is 15.6 Å². The lowest BCUT2D eigenvalue weighted by Crippen LogP contribution is -2.43. The van der Waals surface area contributed by atoms with Gasteiger partial charge in [0, 0.05) is 18.7 Å². The number of aryl methyl sites for hydroxylation is 2. The van der Waals surface area contributed by atoms with E-state index in [0.29, 0.717) is 30.3 Å². The predicted octanol–water partition coefficient (Wildman–Crippen LogP) is 4.32. The fraction of sp³-hybridized carbons (Fsp3) is 0.346. The summed E-state index contributed by atoms with van der Waals surface area (Å²) < 4.78 is 30.7. The zero-order valence-corrected chi connectivity index (χ0v) is 21.6. The highest BCUT2D eigenvalue weighted by molar-refractivity contribution is 7.89. The van der Waals surface area contributed by atoms with Gasteiger partial charge >= 0.3 is 0 Å². The van der Waals surface area contributed by atoms with Crippen LogP contribution in [0.3, 0.4) is 0 Å². The third kappa shape index (κ3) is 4.12. The first-order valence-electron chi connectivity index (χ1n) is 12.2. The van der Waals surface area contributed by atoms with Crippen LogP contribution < -0.4 is 5.32 Å². The maximum absolute atomic E-state index is 13.5. The summed E-state index contributed by atoms with van der Waals surface area (Å²) in [7, 11) is -3.66. The lowest BCUT2D eigenvalue weighted by Gasteiger charge is -2.31. The number of rotatable bonds is 5. The molecule has 2 aromatic heterocycles. The number of anilines is 1. The van der Waals surface area contributed by atoms with Crippen molar-refractivity contribution in [2.45, 2.75) is 43.9 Å². The number of sulfonamides is 1. The van der Waals surface area contributed by atoms with Crippen LogP contribution in [0.4, 0.5) is 5.82 Å². The maximum atomic E-state index is 13.5. The molecule has 10 heteroatoms. The molecular weight excluding hydrogens is 494 g/mol. The summed E-state index contributed by atoms with van der Waals surface area (Å²) in [6.07, 6.45) is 4.02. The lowest BCUT2D eigenvalue weighted by atomic mass is 9.99. The van der Waals surface area contributed by atoms with Crippen LogP contribution in [0.15, 0.2) is 53.4 Å². The van der Waals surface area contributed by atoms with Gasteiger partial charge in [-0.05, 0) is 63.3 Å². The molecule has 1 aliphatic carbocycles. The molecule has 0 saturated carbocycles. The molecule has 2 aliphatic rings. The van der Waals surface area contributed by atoms with Crippen molar-refractivity contribution < 1.29 is 13.2 Å². The smallest absolute Gasteiger partial charge is 0.243 e. The van der Waals surface area contributed by atoms with Gasteiger partial charge in [0.05, 0.1) is 26.7 Å². The van der Waals surface area contributed by atoms with Crippen LogP contribution in [0.1, 0.15) is 36.1 Å². The Morgan fingerprint density at radius 1 is 1.08 bits per heavy atom. The van der Waals surface area contributed by atoms with Gasteiger partial charge in [-0.25, -0.2) is 13.4 Å². The number of piperidine rings is 1. The van der Waals surface area contributed by atoms with Crippen LogP contribution >= 0.6 is 11.3 Å². The molecule has 1 unspecified atom stereocenters. The molecule has 186 valence electrons. The minimum Gasteiger partial charge on any atom is -0.310 e. The number of benzene rings is 2. The monoisotopic (exact) mass is 521 g/mol. The maximum Gasteiger partial charge on any atom is 0.243 e. The number of aromatic nitrogens is 3. The Hall–Kier alpha value is -3.08. The van der Waals surface area contributed by atoms with Crippen molar-refractivity contribution >= 4 is 43.3 Å². The molecule has 1 N–H and O–H groups in total. The van der Waals surface area contributed by atoms with Crippen molar-refractivity contribution in [1.82, 2.24) is 19.1 Å². The highest BCUT2D eigenvalue weighted by atomic mass is 32.2. The second kappa shape index (κ2) is 9.10. The van der Waals surface area contributed by atoms with Gasteiger partial charge in [-0.1, -0.05) is 41.2 Å². The predicted molar refractivity (Wildman–Crippen MR) is 140 cm³/mol. The summed E-state index contributed by atoms with van der Waals surface area (Å²) in [5.74, 6) is 0.0654. The summed E-state index contributed by atoms with van der Waals surface area (Å²) in [4.78, 5) is 18.5. The van der Waals surface area contributed by atoms with Crippen LogP contribution in [0.5, 0.6) is 0 Å². The summed E-state index contributed by atoms with van der Waals surface area (Å²) in [6, 6.07) is 14.8.